The van der Waals surface area contributed by atoms with Crippen molar-refractivity contribution in [1.29, 1.82) is 0 Å². The summed E-state index contributed by atoms with van der Waals surface area (Å²) < 4.78 is 13.2. The molecule has 0 rings (SSSR count). The smallest absolute Gasteiger partial charge is 0.204 e. The van der Waals surface area contributed by atoms with Gasteiger partial charge in [0.1, 0.15) is 0 Å². The summed E-state index contributed by atoms with van der Waals surface area (Å²) in [6.45, 7) is 20.7. The average molecular weight is 407 g/mol. The molecule has 0 aliphatic rings. The predicted octanol–water partition coefficient (Wildman–Crippen LogP) is 7.18. The highest BCUT2D eigenvalue weighted by Crippen LogP contribution is 2.38. The molecule has 2 unspecified atom stereocenters. The molecule has 0 N–H and O–H groups in total. The highest BCUT2D eigenvalue weighted by atomic mass is 32.2. The Bertz CT molecular complexity index is 291. The second-order valence-corrected chi connectivity index (χ2v) is 19.3. The summed E-state index contributed by atoms with van der Waals surface area (Å²) in [4.78, 5) is 1.29. The van der Waals surface area contributed by atoms with E-state index < -0.39 is 16.6 Å². The molecular formula is C20H46O2SSi2. The molecule has 0 bridgehead atoms. The van der Waals surface area contributed by atoms with Crippen molar-refractivity contribution in [3.8, 4) is 0 Å². The van der Waals surface area contributed by atoms with Crippen LogP contribution in [-0.2, 0) is 8.85 Å². The molecule has 0 saturated carbocycles. The second-order valence-electron chi connectivity index (χ2n) is 7.37. The third-order valence-corrected chi connectivity index (χ3v) is 19.6. The SMILES string of the molecule is CCCCO[Si](CC)(CC)C(C)SC(C)[Si](CC)(CC)OCCCC. The maximum Gasteiger partial charge on any atom is 0.204 e. The summed E-state index contributed by atoms with van der Waals surface area (Å²) in [5, 5.41) is 0. The second kappa shape index (κ2) is 13.8. The van der Waals surface area contributed by atoms with E-state index in [9.17, 15) is 0 Å². The van der Waals surface area contributed by atoms with E-state index in [0.717, 1.165) is 13.2 Å². The average Bonchev–Trinajstić information content (AvgIpc) is 2.63. The molecule has 5 heteroatoms. The number of hydrogen-bond acceptors (Lipinski definition) is 3. The molecule has 0 radical (unpaired) electrons. The van der Waals surface area contributed by atoms with Crippen LogP contribution in [0.1, 0.15) is 81.1 Å². The summed E-state index contributed by atoms with van der Waals surface area (Å²) in [5.74, 6) is 0. The largest absolute Gasteiger partial charge is 0.416 e. The van der Waals surface area contributed by atoms with Gasteiger partial charge in [-0.3, -0.25) is 0 Å². The van der Waals surface area contributed by atoms with E-state index >= 15 is 0 Å². The Morgan fingerprint density at radius 2 is 0.960 bits per heavy atom. The lowest BCUT2D eigenvalue weighted by molar-refractivity contribution is 0.289. The monoisotopic (exact) mass is 406 g/mol. The first-order valence-corrected chi connectivity index (χ1v) is 16.6. The van der Waals surface area contributed by atoms with Crippen molar-refractivity contribution in [1.82, 2.24) is 0 Å². The third kappa shape index (κ3) is 7.69. The van der Waals surface area contributed by atoms with Crippen molar-refractivity contribution in [2.75, 3.05) is 13.2 Å². The van der Waals surface area contributed by atoms with Crippen LogP contribution in [0.25, 0.3) is 0 Å². The molecule has 0 amide bonds. The molecule has 2 atom stereocenters. The molecule has 0 aromatic rings. The Hall–Kier alpha value is 0.704. The van der Waals surface area contributed by atoms with E-state index in [0.29, 0.717) is 9.75 Å². The van der Waals surface area contributed by atoms with Crippen LogP contribution in [0.4, 0.5) is 0 Å². The van der Waals surface area contributed by atoms with Crippen molar-refractivity contribution in [2.24, 2.45) is 0 Å². The van der Waals surface area contributed by atoms with Gasteiger partial charge >= 0.3 is 0 Å². The van der Waals surface area contributed by atoms with E-state index in [1.165, 1.54) is 49.9 Å². The minimum Gasteiger partial charge on any atom is -0.416 e. The molecule has 0 aliphatic carbocycles. The van der Waals surface area contributed by atoms with Crippen LogP contribution in [0.2, 0.25) is 24.2 Å². The normalized spacial score (nSPS) is 15.4. The minimum atomic E-state index is -1.66. The third-order valence-electron chi connectivity index (χ3n) is 6.06. The van der Waals surface area contributed by atoms with Gasteiger partial charge < -0.3 is 8.85 Å². The van der Waals surface area contributed by atoms with Gasteiger partial charge in [0.2, 0.25) is 16.6 Å². The summed E-state index contributed by atoms with van der Waals surface area (Å²) >= 11 is 2.20. The fourth-order valence-electron chi connectivity index (χ4n) is 3.69. The van der Waals surface area contributed by atoms with Crippen molar-refractivity contribution in [3.63, 3.8) is 0 Å². The van der Waals surface area contributed by atoms with Crippen LogP contribution >= 0.6 is 11.8 Å². The number of unbranched alkanes of at least 4 members (excludes halogenated alkanes) is 2. The summed E-state index contributed by atoms with van der Waals surface area (Å²) in [6, 6.07) is 4.93. The minimum absolute atomic E-state index is 0.647. The van der Waals surface area contributed by atoms with Crippen molar-refractivity contribution >= 4 is 28.4 Å². The first kappa shape index (κ1) is 25.7. The zero-order valence-electron chi connectivity index (χ0n) is 18.5. The van der Waals surface area contributed by atoms with E-state index in [-0.39, 0.29) is 0 Å². The summed E-state index contributed by atoms with van der Waals surface area (Å²) in [5.41, 5.74) is 0. The molecule has 0 fully saturated rings. The van der Waals surface area contributed by atoms with Crippen LogP contribution in [-0.4, -0.2) is 39.6 Å². The Kier molecular flexibility index (Phi) is 14.2. The molecule has 25 heavy (non-hydrogen) atoms. The Labute approximate surface area is 165 Å². The van der Waals surface area contributed by atoms with Crippen molar-refractivity contribution in [3.05, 3.63) is 0 Å². The fourth-order valence-corrected chi connectivity index (χ4v) is 16.0. The van der Waals surface area contributed by atoms with Gasteiger partial charge in [0.15, 0.2) is 0 Å². The van der Waals surface area contributed by atoms with Crippen LogP contribution in [0.3, 0.4) is 0 Å². The van der Waals surface area contributed by atoms with Gasteiger partial charge in [0.25, 0.3) is 0 Å². The highest BCUT2D eigenvalue weighted by molar-refractivity contribution is 8.03. The van der Waals surface area contributed by atoms with E-state index in [1.807, 2.05) is 0 Å². The lowest BCUT2D eigenvalue weighted by Crippen LogP contribution is -2.52. The number of thioether (sulfide) groups is 1. The quantitative estimate of drug-likeness (QED) is 0.200. The Balaban J connectivity index is 5.05. The molecule has 0 saturated heterocycles. The van der Waals surface area contributed by atoms with Gasteiger partial charge in [0.05, 0.1) is 0 Å². The van der Waals surface area contributed by atoms with Crippen LogP contribution < -0.4 is 0 Å². The molecule has 0 spiro atoms. The van der Waals surface area contributed by atoms with Crippen LogP contribution in [0, 0.1) is 0 Å². The van der Waals surface area contributed by atoms with Gasteiger partial charge in [-0.1, -0.05) is 68.2 Å². The molecule has 152 valence electrons. The van der Waals surface area contributed by atoms with Gasteiger partial charge in [-0.25, -0.2) is 0 Å². The number of hydrogen-bond donors (Lipinski definition) is 0. The number of rotatable bonds is 16. The lowest BCUT2D eigenvalue weighted by atomic mass is 10.4. The fraction of sp³-hybridized carbons (Fsp3) is 1.00. The highest BCUT2D eigenvalue weighted by Gasteiger charge is 2.44. The van der Waals surface area contributed by atoms with Crippen LogP contribution in [0.15, 0.2) is 0 Å². The molecule has 2 nitrogen and oxygen atoms in total. The van der Waals surface area contributed by atoms with E-state index in [1.54, 1.807) is 0 Å². The lowest BCUT2D eigenvalue weighted by Gasteiger charge is -2.40. The molecule has 0 aromatic heterocycles. The first-order valence-electron chi connectivity index (χ1n) is 10.8. The summed E-state index contributed by atoms with van der Waals surface area (Å²) in [6.07, 6.45) is 4.85. The van der Waals surface area contributed by atoms with Crippen molar-refractivity contribution < 1.29 is 8.85 Å². The Morgan fingerprint density at radius 3 is 1.20 bits per heavy atom. The van der Waals surface area contributed by atoms with E-state index in [4.69, 9.17) is 8.85 Å². The maximum atomic E-state index is 6.60. The van der Waals surface area contributed by atoms with E-state index in [2.05, 4.69) is 67.2 Å². The predicted molar refractivity (Wildman–Crippen MR) is 122 cm³/mol. The van der Waals surface area contributed by atoms with Gasteiger partial charge in [-0.2, -0.15) is 11.8 Å². The van der Waals surface area contributed by atoms with Crippen molar-refractivity contribution in [2.45, 2.75) is 115 Å². The Morgan fingerprint density at radius 1 is 0.640 bits per heavy atom. The first-order chi connectivity index (χ1) is 11.9. The molecule has 0 heterocycles. The van der Waals surface area contributed by atoms with Gasteiger partial charge in [-0.15, -0.1) is 0 Å². The topological polar surface area (TPSA) is 18.5 Å². The zero-order chi connectivity index (χ0) is 19.3. The molecule has 0 aromatic carbocycles. The van der Waals surface area contributed by atoms with Gasteiger partial charge in [0, 0.05) is 23.0 Å². The maximum absolute atomic E-state index is 6.60. The van der Waals surface area contributed by atoms with Gasteiger partial charge in [-0.05, 0) is 37.0 Å². The zero-order valence-corrected chi connectivity index (χ0v) is 21.3. The molecular weight excluding hydrogens is 360 g/mol. The van der Waals surface area contributed by atoms with Crippen LogP contribution in [0.5, 0.6) is 0 Å². The standard InChI is InChI=1S/C20H46O2SSi2/c1-9-15-17-21-24(11-3,12-4)19(7)23-20(8)25(13-5,14-6)22-18-16-10-2/h19-20H,9-18H2,1-8H3. The summed E-state index contributed by atoms with van der Waals surface area (Å²) in [7, 11) is -3.32. The molecule has 0 aliphatic heterocycles.